The van der Waals surface area contributed by atoms with Crippen LogP contribution in [0.1, 0.15) is 17.0 Å². The van der Waals surface area contributed by atoms with Gasteiger partial charge in [0.1, 0.15) is 5.82 Å². The summed E-state index contributed by atoms with van der Waals surface area (Å²) in [6, 6.07) is 13.7. The number of aromatic nitrogens is 2. The van der Waals surface area contributed by atoms with Crippen molar-refractivity contribution in [3.05, 3.63) is 65.5 Å². The van der Waals surface area contributed by atoms with Gasteiger partial charge < -0.3 is 4.57 Å². The molecule has 0 amide bonds. The summed E-state index contributed by atoms with van der Waals surface area (Å²) in [7, 11) is 2.04. The summed E-state index contributed by atoms with van der Waals surface area (Å²) in [6.07, 6.45) is -4.29. The summed E-state index contributed by atoms with van der Waals surface area (Å²) >= 11 is 0. The van der Waals surface area contributed by atoms with Gasteiger partial charge >= 0.3 is 6.18 Å². The molecule has 2 heterocycles. The second-order valence-electron chi connectivity index (χ2n) is 7.33. The molecule has 1 saturated heterocycles. The molecule has 0 bridgehead atoms. The summed E-state index contributed by atoms with van der Waals surface area (Å²) in [6.45, 7) is 4.75. The quantitative estimate of drug-likeness (QED) is 0.677. The van der Waals surface area contributed by atoms with E-state index in [0.29, 0.717) is 12.1 Å². The van der Waals surface area contributed by atoms with Crippen molar-refractivity contribution in [1.29, 1.82) is 0 Å². The van der Waals surface area contributed by atoms with E-state index in [1.54, 1.807) is 6.07 Å². The summed E-state index contributed by atoms with van der Waals surface area (Å²) in [5.74, 6) is 1.03. The summed E-state index contributed by atoms with van der Waals surface area (Å²) in [4.78, 5) is 9.29. The van der Waals surface area contributed by atoms with Crippen molar-refractivity contribution in [2.24, 2.45) is 7.05 Å². The monoisotopic (exact) mass is 388 g/mol. The molecule has 3 aromatic rings. The van der Waals surface area contributed by atoms with E-state index in [1.165, 1.54) is 12.1 Å². The zero-order valence-corrected chi connectivity index (χ0v) is 15.8. The standard InChI is InChI=1S/C21H23F3N4/c1-26-19-8-3-2-7-18(19)25-20(26)15-28-11-9-27(10-12-28)14-16-5-4-6-17(13-16)21(22,23)24/h2-8,13H,9-12,14-15H2,1H3. The first-order chi connectivity index (χ1) is 13.4. The molecule has 1 aliphatic heterocycles. The van der Waals surface area contributed by atoms with Crippen molar-refractivity contribution >= 4 is 11.0 Å². The van der Waals surface area contributed by atoms with Gasteiger partial charge in [-0.15, -0.1) is 0 Å². The van der Waals surface area contributed by atoms with E-state index in [0.717, 1.165) is 55.6 Å². The largest absolute Gasteiger partial charge is 0.416 e. The maximum absolute atomic E-state index is 12.9. The van der Waals surface area contributed by atoms with E-state index in [1.807, 2.05) is 25.2 Å². The van der Waals surface area contributed by atoms with Crippen molar-refractivity contribution in [2.75, 3.05) is 26.2 Å². The maximum atomic E-state index is 12.9. The third-order valence-corrected chi connectivity index (χ3v) is 5.37. The number of hydrogen-bond acceptors (Lipinski definition) is 3. The minimum Gasteiger partial charge on any atom is -0.330 e. The molecule has 0 radical (unpaired) electrons. The minimum atomic E-state index is -4.29. The number of alkyl halides is 3. The number of rotatable bonds is 4. The Labute approximate surface area is 162 Å². The van der Waals surface area contributed by atoms with Crippen LogP contribution in [0, 0.1) is 0 Å². The number of aryl methyl sites for hydroxylation is 1. The molecule has 4 rings (SSSR count). The number of halogens is 3. The minimum absolute atomic E-state index is 0.546. The smallest absolute Gasteiger partial charge is 0.330 e. The van der Waals surface area contributed by atoms with Gasteiger partial charge in [-0.2, -0.15) is 13.2 Å². The van der Waals surface area contributed by atoms with Crippen molar-refractivity contribution in [2.45, 2.75) is 19.3 Å². The number of hydrogen-bond donors (Lipinski definition) is 0. The van der Waals surface area contributed by atoms with Crippen LogP contribution in [-0.4, -0.2) is 45.5 Å². The Bertz CT molecular complexity index is 956. The lowest BCUT2D eigenvalue weighted by molar-refractivity contribution is -0.137. The van der Waals surface area contributed by atoms with Crippen LogP contribution in [0.15, 0.2) is 48.5 Å². The van der Waals surface area contributed by atoms with E-state index in [4.69, 9.17) is 4.98 Å². The highest BCUT2D eigenvalue weighted by Gasteiger charge is 2.30. The second kappa shape index (κ2) is 7.56. The first-order valence-corrected chi connectivity index (χ1v) is 9.41. The Morgan fingerprint density at radius 3 is 2.25 bits per heavy atom. The number of benzene rings is 2. The summed E-state index contributed by atoms with van der Waals surface area (Å²) in [5, 5.41) is 0. The molecule has 0 unspecified atom stereocenters. The highest BCUT2D eigenvalue weighted by Crippen LogP contribution is 2.29. The number of piperazine rings is 1. The SMILES string of the molecule is Cn1c(CN2CCN(Cc3cccc(C(F)(F)F)c3)CC2)nc2ccccc21. The zero-order chi connectivity index (χ0) is 19.7. The van der Waals surface area contributed by atoms with Gasteiger partial charge in [-0.05, 0) is 23.8 Å². The molecule has 148 valence electrons. The van der Waals surface area contributed by atoms with Crippen molar-refractivity contribution in [3.63, 3.8) is 0 Å². The molecule has 0 saturated carbocycles. The molecule has 7 heteroatoms. The molecule has 0 atom stereocenters. The molecule has 1 aromatic heterocycles. The van der Waals surface area contributed by atoms with Crippen molar-refractivity contribution < 1.29 is 13.2 Å². The highest BCUT2D eigenvalue weighted by molar-refractivity contribution is 5.75. The maximum Gasteiger partial charge on any atom is 0.416 e. The van der Waals surface area contributed by atoms with Crippen LogP contribution < -0.4 is 0 Å². The fourth-order valence-corrected chi connectivity index (χ4v) is 3.75. The van der Waals surface area contributed by atoms with Gasteiger partial charge in [-0.1, -0.05) is 30.3 Å². The lowest BCUT2D eigenvalue weighted by Crippen LogP contribution is -2.45. The molecule has 1 aliphatic rings. The van der Waals surface area contributed by atoms with Crippen LogP contribution in [-0.2, 0) is 26.3 Å². The first kappa shape index (κ1) is 19.0. The molecular weight excluding hydrogens is 365 g/mol. The lowest BCUT2D eigenvalue weighted by atomic mass is 10.1. The third kappa shape index (κ3) is 4.05. The van der Waals surface area contributed by atoms with Gasteiger partial charge in [0.05, 0.1) is 23.1 Å². The van der Waals surface area contributed by atoms with Crippen LogP contribution in [0.4, 0.5) is 13.2 Å². The Kier molecular flexibility index (Phi) is 5.12. The van der Waals surface area contributed by atoms with Gasteiger partial charge in [-0.25, -0.2) is 4.98 Å². The number of imidazole rings is 1. The topological polar surface area (TPSA) is 24.3 Å². The zero-order valence-electron chi connectivity index (χ0n) is 15.8. The molecule has 0 aliphatic carbocycles. The molecule has 0 spiro atoms. The van der Waals surface area contributed by atoms with Gasteiger partial charge in [-0.3, -0.25) is 9.80 Å². The predicted molar refractivity (Wildman–Crippen MR) is 103 cm³/mol. The summed E-state index contributed by atoms with van der Waals surface area (Å²) < 4.78 is 40.8. The molecule has 2 aromatic carbocycles. The van der Waals surface area contributed by atoms with Crippen molar-refractivity contribution in [3.8, 4) is 0 Å². The lowest BCUT2D eigenvalue weighted by Gasteiger charge is -2.34. The molecule has 4 nitrogen and oxygen atoms in total. The predicted octanol–water partition coefficient (Wildman–Crippen LogP) is 3.91. The average molecular weight is 388 g/mol. The van der Waals surface area contributed by atoms with Crippen LogP contribution in [0.2, 0.25) is 0 Å². The second-order valence-corrected chi connectivity index (χ2v) is 7.33. The van der Waals surface area contributed by atoms with E-state index in [9.17, 15) is 13.2 Å². The van der Waals surface area contributed by atoms with E-state index in [2.05, 4.69) is 20.4 Å². The Morgan fingerprint density at radius 1 is 0.893 bits per heavy atom. The van der Waals surface area contributed by atoms with Crippen LogP contribution in [0.25, 0.3) is 11.0 Å². The normalized spacial score (nSPS) is 16.7. The van der Waals surface area contributed by atoms with Crippen LogP contribution in [0.5, 0.6) is 0 Å². The van der Waals surface area contributed by atoms with E-state index >= 15 is 0 Å². The van der Waals surface area contributed by atoms with Gasteiger partial charge in [0.15, 0.2) is 0 Å². The number of nitrogens with zero attached hydrogens (tertiary/aromatic N) is 4. The molecule has 1 fully saturated rings. The molecular formula is C21H23F3N4. The fourth-order valence-electron chi connectivity index (χ4n) is 3.75. The Hall–Kier alpha value is -2.38. The van der Waals surface area contributed by atoms with Crippen LogP contribution >= 0.6 is 0 Å². The highest BCUT2D eigenvalue weighted by atomic mass is 19.4. The van der Waals surface area contributed by atoms with Gasteiger partial charge in [0.2, 0.25) is 0 Å². The fraction of sp³-hybridized carbons (Fsp3) is 0.381. The molecule has 0 N–H and O–H groups in total. The summed E-state index contributed by atoms with van der Waals surface area (Å²) in [5.41, 5.74) is 2.26. The average Bonchev–Trinajstić information content (AvgIpc) is 2.99. The van der Waals surface area contributed by atoms with E-state index < -0.39 is 11.7 Å². The number of para-hydroxylation sites is 2. The van der Waals surface area contributed by atoms with Gasteiger partial charge in [0, 0.05) is 39.8 Å². The first-order valence-electron chi connectivity index (χ1n) is 9.41. The Balaban J connectivity index is 1.35. The van der Waals surface area contributed by atoms with Crippen molar-refractivity contribution in [1.82, 2.24) is 19.4 Å². The molecule has 28 heavy (non-hydrogen) atoms. The Morgan fingerprint density at radius 2 is 1.57 bits per heavy atom. The van der Waals surface area contributed by atoms with Crippen LogP contribution in [0.3, 0.4) is 0 Å². The third-order valence-electron chi connectivity index (χ3n) is 5.37. The number of fused-ring (bicyclic) bond motifs is 1. The van der Waals surface area contributed by atoms with E-state index in [-0.39, 0.29) is 0 Å². The van der Waals surface area contributed by atoms with Gasteiger partial charge in [0.25, 0.3) is 0 Å².